The normalized spacial score (nSPS) is 14.4. The molecule has 0 aliphatic carbocycles. The quantitative estimate of drug-likeness (QED) is 0.733. The molecule has 0 bridgehead atoms. The van der Waals surface area contributed by atoms with Crippen LogP contribution in [0.25, 0.3) is 10.8 Å². The third kappa shape index (κ3) is 3.58. The van der Waals surface area contributed by atoms with Gasteiger partial charge < -0.3 is 19.5 Å². The standard InChI is InChI=1S/C22H23N3O3/c1-15-13-20(16(2)28-15)21(26)24-9-11-25(12-10-24)22(27)23-19-8-7-17-5-3-4-6-18(17)14-19/h3-8,13-14H,9-12H2,1-2H3,(H,23,27). The highest BCUT2D eigenvalue weighted by atomic mass is 16.3. The Morgan fingerprint density at radius 2 is 1.57 bits per heavy atom. The van der Waals surface area contributed by atoms with E-state index in [0.29, 0.717) is 37.5 Å². The third-order valence-electron chi connectivity index (χ3n) is 5.13. The largest absolute Gasteiger partial charge is 0.466 e. The number of rotatable bonds is 2. The Bertz CT molecular complexity index is 1030. The first-order valence-electron chi connectivity index (χ1n) is 9.42. The van der Waals surface area contributed by atoms with Gasteiger partial charge in [-0.05, 0) is 42.8 Å². The fourth-order valence-electron chi connectivity index (χ4n) is 3.60. The Morgan fingerprint density at radius 3 is 2.25 bits per heavy atom. The van der Waals surface area contributed by atoms with Gasteiger partial charge >= 0.3 is 6.03 Å². The summed E-state index contributed by atoms with van der Waals surface area (Å²) in [5.41, 5.74) is 1.37. The summed E-state index contributed by atoms with van der Waals surface area (Å²) in [6.45, 7) is 5.65. The van der Waals surface area contributed by atoms with Crippen LogP contribution in [0.5, 0.6) is 0 Å². The van der Waals surface area contributed by atoms with Crippen molar-refractivity contribution in [2.24, 2.45) is 0 Å². The Morgan fingerprint density at radius 1 is 0.893 bits per heavy atom. The number of amides is 3. The van der Waals surface area contributed by atoms with Crippen molar-refractivity contribution in [3.05, 3.63) is 65.6 Å². The van der Waals surface area contributed by atoms with Gasteiger partial charge in [0.05, 0.1) is 5.56 Å². The second-order valence-electron chi connectivity index (χ2n) is 7.10. The topological polar surface area (TPSA) is 65.8 Å². The summed E-state index contributed by atoms with van der Waals surface area (Å²) in [6, 6.07) is 15.5. The smallest absolute Gasteiger partial charge is 0.321 e. The predicted octanol–water partition coefficient (Wildman–Crippen LogP) is 4.04. The van der Waals surface area contributed by atoms with Gasteiger partial charge in [0.15, 0.2) is 0 Å². The lowest BCUT2D eigenvalue weighted by Gasteiger charge is -2.34. The molecule has 1 fully saturated rings. The molecule has 1 aliphatic rings. The summed E-state index contributed by atoms with van der Waals surface area (Å²) < 4.78 is 5.46. The van der Waals surface area contributed by atoms with E-state index < -0.39 is 0 Å². The highest BCUT2D eigenvalue weighted by molar-refractivity contribution is 5.96. The Labute approximate surface area is 163 Å². The summed E-state index contributed by atoms with van der Waals surface area (Å²) in [6.07, 6.45) is 0. The summed E-state index contributed by atoms with van der Waals surface area (Å²) in [7, 11) is 0. The lowest BCUT2D eigenvalue weighted by atomic mass is 10.1. The van der Waals surface area contributed by atoms with E-state index in [-0.39, 0.29) is 11.9 Å². The van der Waals surface area contributed by atoms with E-state index in [4.69, 9.17) is 4.42 Å². The lowest BCUT2D eigenvalue weighted by Crippen LogP contribution is -2.51. The van der Waals surface area contributed by atoms with Crippen LogP contribution in [-0.2, 0) is 0 Å². The molecule has 0 spiro atoms. The summed E-state index contributed by atoms with van der Waals surface area (Å²) in [5, 5.41) is 5.18. The van der Waals surface area contributed by atoms with E-state index in [1.807, 2.05) is 49.4 Å². The number of urea groups is 1. The fraction of sp³-hybridized carbons (Fsp3) is 0.273. The van der Waals surface area contributed by atoms with Crippen LogP contribution in [0.2, 0.25) is 0 Å². The maximum absolute atomic E-state index is 12.7. The number of nitrogens with zero attached hydrogens (tertiary/aromatic N) is 2. The Balaban J connectivity index is 1.37. The van der Waals surface area contributed by atoms with E-state index in [9.17, 15) is 9.59 Å². The van der Waals surface area contributed by atoms with Crippen LogP contribution >= 0.6 is 0 Å². The first-order valence-corrected chi connectivity index (χ1v) is 9.42. The van der Waals surface area contributed by atoms with Gasteiger partial charge in [-0.1, -0.05) is 30.3 Å². The number of aryl methyl sites for hydroxylation is 2. The number of hydrogen-bond acceptors (Lipinski definition) is 3. The van der Waals surface area contributed by atoms with Crippen molar-refractivity contribution < 1.29 is 14.0 Å². The number of hydrogen-bond donors (Lipinski definition) is 1. The van der Waals surface area contributed by atoms with Gasteiger partial charge in [-0.3, -0.25) is 4.79 Å². The zero-order valence-corrected chi connectivity index (χ0v) is 16.1. The molecular formula is C22H23N3O3. The molecule has 28 heavy (non-hydrogen) atoms. The average Bonchev–Trinajstić information content (AvgIpc) is 3.05. The molecular weight excluding hydrogens is 354 g/mol. The molecule has 3 amide bonds. The number of carbonyl (C=O) groups excluding carboxylic acids is 2. The molecule has 1 aliphatic heterocycles. The van der Waals surface area contributed by atoms with Gasteiger partial charge in [0.1, 0.15) is 11.5 Å². The van der Waals surface area contributed by atoms with Crippen LogP contribution in [-0.4, -0.2) is 47.9 Å². The number of anilines is 1. The molecule has 0 saturated carbocycles. The van der Waals surface area contributed by atoms with Crippen molar-refractivity contribution in [2.75, 3.05) is 31.5 Å². The molecule has 6 heteroatoms. The number of benzene rings is 2. The van der Waals surface area contributed by atoms with Crippen molar-refractivity contribution in [1.82, 2.24) is 9.80 Å². The molecule has 2 heterocycles. The highest BCUT2D eigenvalue weighted by Crippen LogP contribution is 2.20. The van der Waals surface area contributed by atoms with Crippen molar-refractivity contribution in [3.63, 3.8) is 0 Å². The van der Waals surface area contributed by atoms with Gasteiger partial charge in [-0.2, -0.15) is 0 Å². The molecule has 144 valence electrons. The maximum Gasteiger partial charge on any atom is 0.321 e. The summed E-state index contributed by atoms with van der Waals surface area (Å²) in [4.78, 5) is 28.8. The van der Waals surface area contributed by atoms with Crippen LogP contribution in [0.3, 0.4) is 0 Å². The fourth-order valence-corrected chi connectivity index (χ4v) is 3.60. The first-order chi connectivity index (χ1) is 13.5. The molecule has 0 radical (unpaired) electrons. The second-order valence-corrected chi connectivity index (χ2v) is 7.10. The average molecular weight is 377 g/mol. The molecule has 4 rings (SSSR count). The molecule has 1 aromatic heterocycles. The van der Waals surface area contributed by atoms with Crippen LogP contribution < -0.4 is 5.32 Å². The van der Waals surface area contributed by atoms with Crippen molar-refractivity contribution in [2.45, 2.75) is 13.8 Å². The van der Waals surface area contributed by atoms with Crippen LogP contribution in [0.4, 0.5) is 10.5 Å². The van der Waals surface area contributed by atoms with Crippen LogP contribution in [0.15, 0.2) is 52.9 Å². The third-order valence-corrected chi connectivity index (χ3v) is 5.13. The number of fused-ring (bicyclic) bond motifs is 1. The predicted molar refractivity (Wildman–Crippen MR) is 109 cm³/mol. The van der Waals surface area contributed by atoms with Crippen LogP contribution in [0, 0.1) is 13.8 Å². The zero-order chi connectivity index (χ0) is 19.7. The SMILES string of the molecule is Cc1cc(C(=O)N2CCN(C(=O)Nc3ccc4ccccc4c3)CC2)c(C)o1. The van der Waals surface area contributed by atoms with Crippen molar-refractivity contribution in [1.29, 1.82) is 0 Å². The zero-order valence-electron chi connectivity index (χ0n) is 16.1. The van der Waals surface area contributed by atoms with E-state index in [1.165, 1.54) is 0 Å². The monoisotopic (exact) mass is 377 g/mol. The van der Waals surface area contributed by atoms with Crippen molar-refractivity contribution in [3.8, 4) is 0 Å². The first kappa shape index (κ1) is 18.1. The Kier molecular flexibility index (Phi) is 4.77. The number of nitrogens with one attached hydrogen (secondary N) is 1. The number of carbonyl (C=O) groups is 2. The molecule has 2 aromatic carbocycles. The van der Waals surface area contributed by atoms with Gasteiger partial charge in [-0.25, -0.2) is 4.79 Å². The Hall–Kier alpha value is -3.28. The number of piperazine rings is 1. The summed E-state index contributed by atoms with van der Waals surface area (Å²) >= 11 is 0. The minimum Gasteiger partial charge on any atom is -0.466 e. The lowest BCUT2D eigenvalue weighted by molar-refractivity contribution is 0.0670. The van der Waals surface area contributed by atoms with Gasteiger partial charge in [0, 0.05) is 31.9 Å². The molecule has 1 N–H and O–H groups in total. The van der Waals surface area contributed by atoms with Gasteiger partial charge in [-0.15, -0.1) is 0 Å². The number of furan rings is 1. The minimum atomic E-state index is -0.141. The van der Waals surface area contributed by atoms with Crippen molar-refractivity contribution >= 4 is 28.4 Å². The van der Waals surface area contributed by atoms with E-state index in [2.05, 4.69) is 5.32 Å². The minimum absolute atomic E-state index is 0.0380. The van der Waals surface area contributed by atoms with E-state index >= 15 is 0 Å². The summed E-state index contributed by atoms with van der Waals surface area (Å²) in [5.74, 6) is 1.33. The molecule has 1 saturated heterocycles. The van der Waals surface area contributed by atoms with Gasteiger partial charge in [0.25, 0.3) is 5.91 Å². The molecule has 0 atom stereocenters. The second kappa shape index (κ2) is 7.38. The van der Waals surface area contributed by atoms with Crippen LogP contribution in [0.1, 0.15) is 21.9 Å². The molecule has 0 unspecified atom stereocenters. The van der Waals surface area contributed by atoms with E-state index in [1.54, 1.807) is 22.8 Å². The van der Waals surface area contributed by atoms with Gasteiger partial charge in [0.2, 0.25) is 0 Å². The van der Waals surface area contributed by atoms with E-state index in [0.717, 1.165) is 22.2 Å². The molecule has 6 nitrogen and oxygen atoms in total. The highest BCUT2D eigenvalue weighted by Gasteiger charge is 2.26. The maximum atomic E-state index is 12.7. The molecule has 3 aromatic rings.